The van der Waals surface area contributed by atoms with E-state index in [1.807, 2.05) is 0 Å². The molecule has 17 heteroatoms. The van der Waals surface area contributed by atoms with Crippen molar-refractivity contribution in [3.63, 3.8) is 0 Å². The van der Waals surface area contributed by atoms with E-state index in [2.05, 4.69) is 9.47 Å². The Labute approximate surface area is 170 Å². The van der Waals surface area contributed by atoms with Crippen molar-refractivity contribution in [3.8, 4) is 0 Å². The second-order valence-electron chi connectivity index (χ2n) is 7.12. The number of aliphatic hydroxyl groups is 1. The number of hydrogen-bond acceptors (Lipinski definition) is 4. The molecule has 0 aliphatic carbocycles. The van der Waals surface area contributed by atoms with Gasteiger partial charge < -0.3 is 14.6 Å². The molecule has 0 saturated carbocycles. The molecule has 0 aromatic rings. The Hall–Kier alpha value is -1.52. The largest absolute Gasteiger partial charge is 0.462 e. The summed E-state index contributed by atoms with van der Waals surface area (Å²) < 4.78 is 184. The van der Waals surface area contributed by atoms with Crippen LogP contribution in [0.4, 0.5) is 57.1 Å². The summed E-state index contributed by atoms with van der Waals surface area (Å²) in [5, 5.41) is 9.23. The van der Waals surface area contributed by atoms with Crippen molar-refractivity contribution < 1.29 is 76.5 Å². The van der Waals surface area contributed by atoms with Gasteiger partial charge in [0.1, 0.15) is 0 Å². The minimum absolute atomic E-state index is 0.117. The lowest BCUT2D eigenvalue weighted by Gasteiger charge is -2.55. The number of ether oxygens (including phenoxy) is 2. The van der Waals surface area contributed by atoms with Crippen molar-refractivity contribution in [2.75, 3.05) is 0 Å². The van der Waals surface area contributed by atoms with Gasteiger partial charge in [-0.15, -0.1) is 0 Å². The van der Waals surface area contributed by atoms with Crippen LogP contribution in [0.15, 0.2) is 0 Å². The fourth-order valence-electron chi connectivity index (χ4n) is 2.86. The third-order valence-electron chi connectivity index (χ3n) is 5.33. The van der Waals surface area contributed by atoms with Crippen LogP contribution in [0, 0.1) is 5.41 Å². The smallest absolute Gasteiger partial charge is 0.417 e. The summed E-state index contributed by atoms with van der Waals surface area (Å²) in [6.07, 6.45) is -28.2. The Morgan fingerprint density at radius 3 is 1.62 bits per heavy atom. The molecule has 1 aliphatic heterocycles. The Balaban J connectivity index is 3.96. The van der Waals surface area contributed by atoms with Crippen LogP contribution < -0.4 is 0 Å². The van der Waals surface area contributed by atoms with E-state index in [1.165, 1.54) is 0 Å². The molecule has 1 rings (SSSR count). The number of rotatable bonds is 4. The number of carbonyl (C=O) groups is 1. The monoisotopic (exact) mass is 506 g/mol. The molecule has 0 radical (unpaired) electrons. The first-order valence-corrected chi connectivity index (χ1v) is 8.43. The van der Waals surface area contributed by atoms with Crippen LogP contribution in [-0.4, -0.2) is 58.9 Å². The Kier molecular flexibility index (Phi) is 6.68. The summed E-state index contributed by atoms with van der Waals surface area (Å²) in [6, 6.07) is 0. The highest BCUT2D eigenvalue weighted by Crippen LogP contribution is 2.63. The maximum atomic E-state index is 14.4. The maximum Gasteiger partial charge on any atom is 0.462 e. The molecule has 1 fully saturated rings. The highest BCUT2D eigenvalue weighted by atomic mass is 19.4. The second-order valence-corrected chi connectivity index (χ2v) is 7.12. The van der Waals surface area contributed by atoms with Gasteiger partial charge in [-0.3, -0.25) is 4.79 Å². The molecule has 0 aromatic heterocycles. The zero-order valence-electron chi connectivity index (χ0n) is 16.1. The summed E-state index contributed by atoms with van der Waals surface area (Å²) in [5.74, 6) is -22.3. The second kappa shape index (κ2) is 7.50. The SMILES string of the molecule is CCC(C)(C(=O)OC1(C(F)(F)F)OC(CC)(C(F)(F)F)C(F)(F)C(O)C1(F)F)C(F)(F)F. The Bertz CT molecular complexity index is 728. The number of esters is 1. The lowest BCUT2D eigenvalue weighted by molar-refractivity contribution is -0.540. The zero-order valence-corrected chi connectivity index (χ0v) is 16.1. The van der Waals surface area contributed by atoms with Crippen LogP contribution in [0.2, 0.25) is 0 Å². The van der Waals surface area contributed by atoms with E-state index in [9.17, 15) is 67.0 Å². The average molecular weight is 506 g/mol. The van der Waals surface area contributed by atoms with Gasteiger partial charge in [0.2, 0.25) is 5.60 Å². The molecule has 4 unspecified atom stereocenters. The van der Waals surface area contributed by atoms with Gasteiger partial charge in [0.15, 0.2) is 11.5 Å². The fourth-order valence-corrected chi connectivity index (χ4v) is 2.86. The molecule has 4 nitrogen and oxygen atoms in total. The first-order valence-electron chi connectivity index (χ1n) is 8.43. The van der Waals surface area contributed by atoms with Crippen molar-refractivity contribution in [1.29, 1.82) is 0 Å². The van der Waals surface area contributed by atoms with Crippen molar-refractivity contribution in [2.45, 2.75) is 81.5 Å². The third-order valence-corrected chi connectivity index (χ3v) is 5.33. The topological polar surface area (TPSA) is 55.8 Å². The normalized spacial score (nSPS) is 32.8. The summed E-state index contributed by atoms with van der Waals surface area (Å²) in [7, 11) is 0. The van der Waals surface area contributed by atoms with E-state index in [4.69, 9.17) is 0 Å². The van der Waals surface area contributed by atoms with Crippen LogP contribution in [0.1, 0.15) is 33.6 Å². The summed E-state index contributed by atoms with van der Waals surface area (Å²) >= 11 is 0. The predicted molar refractivity (Wildman–Crippen MR) is 75.4 cm³/mol. The predicted octanol–water partition coefficient (Wildman–Crippen LogP) is 5.14. The summed E-state index contributed by atoms with van der Waals surface area (Å²) in [6.45, 7) is 0.540. The van der Waals surface area contributed by atoms with Gasteiger partial charge in [-0.2, -0.15) is 57.1 Å². The number of carbonyl (C=O) groups excluding carboxylic acids is 1. The van der Waals surface area contributed by atoms with Gasteiger partial charge in [0.25, 0.3) is 0 Å². The minimum Gasteiger partial charge on any atom is -0.417 e. The first-order chi connectivity index (χ1) is 13.9. The summed E-state index contributed by atoms with van der Waals surface area (Å²) in [5.41, 5.74) is -9.53. The molecule has 1 aliphatic rings. The zero-order chi connectivity index (χ0) is 26.0. The molecule has 1 N–H and O–H groups in total. The molecular formula is C15H15F13O4. The van der Waals surface area contributed by atoms with E-state index in [-0.39, 0.29) is 13.8 Å². The highest BCUT2D eigenvalue weighted by molar-refractivity contribution is 5.78. The fraction of sp³-hybridized carbons (Fsp3) is 0.933. The van der Waals surface area contributed by atoms with Crippen molar-refractivity contribution in [1.82, 2.24) is 0 Å². The van der Waals surface area contributed by atoms with Crippen molar-refractivity contribution in [3.05, 3.63) is 0 Å². The number of hydrogen-bond donors (Lipinski definition) is 1. The van der Waals surface area contributed by atoms with Gasteiger partial charge in [-0.25, -0.2) is 0 Å². The molecule has 4 atom stereocenters. The van der Waals surface area contributed by atoms with Gasteiger partial charge in [-0.05, 0) is 19.8 Å². The van der Waals surface area contributed by atoms with Crippen LogP contribution in [0.5, 0.6) is 0 Å². The lowest BCUT2D eigenvalue weighted by Crippen LogP contribution is -2.83. The number of halogens is 13. The molecule has 1 saturated heterocycles. The third kappa shape index (κ3) is 3.49. The van der Waals surface area contributed by atoms with E-state index >= 15 is 0 Å². The van der Waals surface area contributed by atoms with Crippen LogP contribution >= 0.6 is 0 Å². The van der Waals surface area contributed by atoms with Crippen LogP contribution in [0.3, 0.4) is 0 Å². The molecule has 0 spiro atoms. The molecule has 0 amide bonds. The van der Waals surface area contributed by atoms with Crippen molar-refractivity contribution in [2.24, 2.45) is 5.41 Å². The number of aliphatic hydroxyl groups excluding tert-OH is 1. The van der Waals surface area contributed by atoms with E-state index in [0.29, 0.717) is 6.92 Å². The van der Waals surface area contributed by atoms with E-state index in [0.717, 1.165) is 0 Å². The molecule has 0 bridgehead atoms. The van der Waals surface area contributed by atoms with Gasteiger partial charge >= 0.3 is 42.1 Å². The number of alkyl halides is 13. The Morgan fingerprint density at radius 1 is 0.906 bits per heavy atom. The van der Waals surface area contributed by atoms with Gasteiger partial charge in [0, 0.05) is 0 Å². The van der Waals surface area contributed by atoms with Crippen LogP contribution in [0.25, 0.3) is 0 Å². The highest BCUT2D eigenvalue weighted by Gasteiger charge is 2.92. The average Bonchev–Trinajstić information content (AvgIpc) is 2.58. The molecular weight excluding hydrogens is 491 g/mol. The summed E-state index contributed by atoms with van der Waals surface area (Å²) in [4.78, 5) is 12.0. The standard InChI is InChI=1S/C15H15F13O4/c1-4-8(3,13(20,21)22)7(30)31-12(15(26,27)28)11(18,19)6(29)10(16,17)9(5-2,32-12)14(23,24)25/h6,29H,4-5H2,1-3H3. The molecule has 190 valence electrons. The maximum absolute atomic E-state index is 14.4. The van der Waals surface area contributed by atoms with Gasteiger partial charge in [0.05, 0.1) is 0 Å². The molecule has 0 aromatic carbocycles. The molecule has 32 heavy (non-hydrogen) atoms. The van der Waals surface area contributed by atoms with Gasteiger partial charge in [-0.1, -0.05) is 13.8 Å². The molecule has 1 heterocycles. The van der Waals surface area contributed by atoms with Crippen molar-refractivity contribution >= 4 is 5.97 Å². The minimum atomic E-state index is -7.03. The van der Waals surface area contributed by atoms with E-state index < -0.39 is 72.1 Å². The van der Waals surface area contributed by atoms with E-state index in [1.54, 1.807) is 0 Å². The first kappa shape index (κ1) is 28.5. The Morgan fingerprint density at radius 2 is 1.34 bits per heavy atom. The van der Waals surface area contributed by atoms with Crippen LogP contribution in [-0.2, 0) is 14.3 Å². The quantitative estimate of drug-likeness (QED) is 0.424. The lowest BCUT2D eigenvalue weighted by atomic mass is 9.78.